The number of aldehydes is 1. The van der Waals surface area contributed by atoms with E-state index < -0.39 is 22.1 Å². The zero-order valence-corrected chi connectivity index (χ0v) is 10.7. The van der Waals surface area contributed by atoms with E-state index in [1.54, 1.807) is 19.1 Å². The average molecular weight is 275 g/mol. The molecule has 2 N–H and O–H groups in total. The van der Waals surface area contributed by atoms with Crippen LogP contribution in [0.4, 0.5) is 5.69 Å². The average Bonchev–Trinajstić information content (AvgIpc) is 2.39. The highest BCUT2D eigenvalue weighted by Gasteiger charge is 2.22. The number of nitro benzene ring substituents is 1. The second-order valence-corrected chi connectivity index (χ2v) is 4.72. The largest absolute Gasteiger partial charge is 0.504 e. The minimum absolute atomic E-state index is 0.159. The topological polar surface area (TPSA) is 101 Å². The predicted molar refractivity (Wildman–Crippen MR) is 72.9 cm³/mol. The molecule has 0 spiro atoms. The number of nitrogens with zero attached hydrogens (tertiary/aromatic N) is 1. The first-order valence-electron chi connectivity index (χ1n) is 6.01. The molecule has 6 heteroatoms. The molecule has 104 valence electrons. The van der Waals surface area contributed by atoms with E-state index in [1.165, 1.54) is 12.1 Å². The molecule has 1 unspecified atom stereocenters. The quantitative estimate of drug-likeness (QED) is 0.386. The Bertz CT molecular complexity index is 696. The highest BCUT2D eigenvalue weighted by atomic mass is 16.6. The lowest BCUT2D eigenvalue weighted by atomic mass is 9.98. The molecule has 2 aromatic carbocycles. The van der Waals surface area contributed by atoms with E-state index >= 15 is 0 Å². The number of nitro groups is 1. The smallest absolute Gasteiger partial charge is 0.322 e. The Morgan fingerprint density at radius 2 is 2.05 bits per heavy atom. The lowest BCUT2D eigenvalue weighted by Crippen LogP contribution is -2.00. The molecule has 0 aliphatic carbocycles. The molecule has 0 saturated carbocycles. The third kappa shape index (κ3) is 2.40. The van der Waals surface area contributed by atoms with E-state index in [4.69, 9.17) is 0 Å². The van der Waals surface area contributed by atoms with Gasteiger partial charge in [0.2, 0.25) is 5.75 Å². The van der Waals surface area contributed by atoms with Crippen molar-refractivity contribution in [2.24, 2.45) is 5.92 Å². The molecule has 0 aromatic heterocycles. The van der Waals surface area contributed by atoms with Crippen molar-refractivity contribution in [2.45, 2.75) is 13.3 Å². The van der Waals surface area contributed by atoms with Crippen molar-refractivity contribution < 1.29 is 19.9 Å². The number of phenols is 2. The number of hydrogen-bond acceptors (Lipinski definition) is 5. The van der Waals surface area contributed by atoms with Gasteiger partial charge >= 0.3 is 5.69 Å². The first-order chi connectivity index (χ1) is 9.43. The Kier molecular flexibility index (Phi) is 3.56. The maximum absolute atomic E-state index is 11.0. The number of aromatic hydroxyl groups is 2. The Balaban J connectivity index is 2.62. The molecule has 0 aliphatic rings. The van der Waals surface area contributed by atoms with Crippen LogP contribution in [0.1, 0.15) is 12.5 Å². The second kappa shape index (κ2) is 5.16. The van der Waals surface area contributed by atoms with Gasteiger partial charge in [-0.1, -0.05) is 19.1 Å². The molecule has 2 rings (SSSR count). The fourth-order valence-electron chi connectivity index (χ4n) is 2.14. The number of benzene rings is 2. The van der Waals surface area contributed by atoms with E-state index in [0.29, 0.717) is 11.8 Å². The molecular formula is C14H13NO5. The molecular weight excluding hydrogens is 262 g/mol. The molecule has 0 bridgehead atoms. The third-order valence-corrected chi connectivity index (χ3v) is 3.10. The molecule has 0 fully saturated rings. The Morgan fingerprint density at radius 3 is 2.65 bits per heavy atom. The Labute approximate surface area is 114 Å². The summed E-state index contributed by atoms with van der Waals surface area (Å²) in [6, 6.07) is 6.12. The fourth-order valence-corrected chi connectivity index (χ4v) is 2.14. The van der Waals surface area contributed by atoms with E-state index in [2.05, 4.69) is 0 Å². The van der Waals surface area contributed by atoms with Gasteiger partial charge in [-0.05, 0) is 29.5 Å². The number of hydrogen-bond donors (Lipinski definition) is 2. The van der Waals surface area contributed by atoms with Crippen LogP contribution in [0.25, 0.3) is 10.8 Å². The van der Waals surface area contributed by atoms with Crippen LogP contribution < -0.4 is 0 Å². The van der Waals surface area contributed by atoms with Crippen molar-refractivity contribution >= 4 is 22.7 Å². The summed E-state index contributed by atoms with van der Waals surface area (Å²) < 4.78 is 0. The van der Waals surface area contributed by atoms with E-state index in [9.17, 15) is 25.1 Å². The first kappa shape index (κ1) is 13.8. The summed E-state index contributed by atoms with van der Waals surface area (Å²) in [4.78, 5) is 20.9. The summed E-state index contributed by atoms with van der Waals surface area (Å²) in [6.45, 7) is 1.77. The number of fused-ring (bicyclic) bond motifs is 1. The summed E-state index contributed by atoms with van der Waals surface area (Å²) in [7, 11) is 0. The van der Waals surface area contributed by atoms with Crippen LogP contribution in [0.3, 0.4) is 0 Å². The van der Waals surface area contributed by atoms with Crippen molar-refractivity contribution in [3.8, 4) is 11.5 Å². The van der Waals surface area contributed by atoms with Gasteiger partial charge in [0.05, 0.1) is 10.3 Å². The second-order valence-electron chi connectivity index (χ2n) is 4.72. The van der Waals surface area contributed by atoms with Crippen LogP contribution >= 0.6 is 0 Å². The van der Waals surface area contributed by atoms with Crippen LogP contribution in [0, 0.1) is 16.0 Å². The minimum Gasteiger partial charge on any atom is -0.504 e. The summed E-state index contributed by atoms with van der Waals surface area (Å²) in [6.07, 6.45) is 1.34. The van der Waals surface area contributed by atoms with Gasteiger partial charge in [0.1, 0.15) is 6.29 Å². The van der Waals surface area contributed by atoms with Gasteiger partial charge in [-0.15, -0.1) is 0 Å². The van der Waals surface area contributed by atoms with Gasteiger partial charge in [0.25, 0.3) is 0 Å². The SMILES string of the molecule is CC(C=O)Cc1ccc2c([N+](=O)[O-])c(O)c(O)cc2c1. The lowest BCUT2D eigenvalue weighted by Gasteiger charge is -2.08. The fraction of sp³-hybridized carbons (Fsp3) is 0.214. The highest BCUT2D eigenvalue weighted by Crippen LogP contribution is 2.41. The van der Waals surface area contributed by atoms with Crippen molar-refractivity contribution in [1.82, 2.24) is 0 Å². The number of carbonyl (C=O) groups is 1. The zero-order chi connectivity index (χ0) is 14.9. The van der Waals surface area contributed by atoms with E-state index in [0.717, 1.165) is 11.8 Å². The molecule has 0 heterocycles. The number of carbonyl (C=O) groups excluding carboxylic acids is 1. The summed E-state index contributed by atoms with van der Waals surface area (Å²) in [5.41, 5.74) is 0.312. The van der Waals surface area contributed by atoms with Crippen molar-refractivity contribution in [1.29, 1.82) is 0 Å². The summed E-state index contributed by atoms with van der Waals surface area (Å²) >= 11 is 0. The summed E-state index contributed by atoms with van der Waals surface area (Å²) in [5.74, 6) is -1.44. The Hall–Kier alpha value is -2.63. The van der Waals surface area contributed by atoms with Gasteiger partial charge in [-0.3, -0.25) is 10.1 Å². The molecule has 2 aromatic rings. The van der Waals surface area contributed by atoms with Gasteiger partial charge in [-0.2, -0.15) is 0 Å². The number of phenolic OH excluding ortho intramolecular Hbond substituents is 2. The van der Waals surface area contributed by atoms with Crippen LogP contribution in [-0.2, 0) is 11.2 Å². The van der Waals surface area contributed by atoms with Gasteiger partial charge in [0.15, 0.2) is 5.75 Å². The van der Waals surface area contributed by atoms with E-state index in [-0.39, 0.29) is 11.3 Å². The number of rotatable bonds is 4. The van der Waals surface area contributed by atoms with Crippen LogP contribution in [-0.4, -0.2) is 21.4 Å². The molecule has 0 amide bonds. The van der Waals surface area contributed by atoms with Crippen LogP contribution in [0.5, 0.6) is 11.5 Å². The van der Waals surface area contributed by atoms with E-state index in [1.807, 2.05) is 0 Å². The van der Waals surface area contributed by atoms with Crippen LogP contribution in [0.2, 0.25) is 0 Å². The summed E-state index contributed by atoms with van der Waals surface area (Å²) in [5, 5.41) is 30.8. The maximum Gasteiger partial charge on any atom is 0.322 e. The van der Waals surface area contributed by atoms with Gasteiger partial charge in [-0.25, -0.2) is 0 Å². The van der Waals surface area contributed by atoms with Crippen molar-refractivity contribution in [3.63, 3.8) is 0 Å². The predicted octanol–water partition coefficient (Wildman–Crippen LogP) is 2.54. The lowest BCUT2D eigenvalue weighted by molar-refractivity contribution is -0.384. The zero-order valence-electron chi connectivity index (χ0n) is 10.7. The molecule has 6 nitrogen and oxygen atoms in total. The molecule has 0 aliphatic heterocycles. The normalized spacial score (nSPS) is 12.2. The minimum atomic E-state index is -0.739. The highest BCUT2D eigenvalue weighted by molar-refractivity contribution is 5.95. The molecule has 0 radical (unpaired) electrons. The van der Waals surface area contributed by atoms with Crippen molar-refractivity contribution in [3.05, 3.63) is 39.9 Å². The monoisotopic (exact) mass is 275 g/mol. The van der Waals surface area contributed by atoms with Crippen molar-refractivity contribution in [2.75, 3.05) is 0 Å². The molecule has 20 heavy (non-hydrogen) atoms. The van der Waals surface area contributed by atoms with Gasteiger partial charge < -0.3 is 15.0 Å². The van der Waals surface area contributed by atoms with Crippen LogP contribution in [0.15, 0.2) is 24.3 Å². The third-order valence-electron chi connectivity index (χ3n) is 3.10. The van der Waals surface area contributed by atoms with Gasteiger partial charge in [0, 0.05) is 5.92 Å². The Morgan fingerprint density at radius 1 is 1.35 bits per heavy atom. The molecule has 1 atom stereocenters. The molecule has 0 saturated heterocycles. The maximum atomic E-state index is 11.0. The first-order valence-corrected chi connectivity index (χ1v) is 6.01. The standard InChI is InChI=1S/C14H13NO5/c1-8(7-16)4-9-2-3-11-10(5-9)6-12(17)14(18)13(11)15(19)20/h2-3,5-8,17-18H,4H2,1H3.